The van der Waals surface area contributed by atoms with Gasteiger partial charge < -0.3 is 11.6 Å². The number of carboxylic acids is 1. The van der Waals surface area contributed by atoms with Gasteiger partial charge in [0.05, 0.1) is 0 Å². The van der Waals surface area contributed by atoms with Gasteiger partial charge in [-0.05, 0) is 0 Å². The van der Waals surface area contributed by atoms with Crippen LogP contribution < -0.4 is 18.9 Å². The molecule has 0 aliphatic carbocycles. The van der Waals surface area contributed by atoms with Crippen LogP contribution in [0.1, 0.15) is 1.43 Å². The van der Waals surface area contributed by atoms with E-state index in [4.69, 9.17) is 15.0 Å². The van der Waals surface area contributed by atoms with Gasteiger partial charge in [0.25, 0.3) is 0 Å². The number of carbonyl (C=O) groups is 1. The molecule has 4 heteroatoms. The van der Waals surface area contributed by atoms with Crippen molar-refractivity contribution < 1.29 is 35.3 Å². The zero-order valence-electron chi connectivity index (χ0n) is 4.51. The molecule has 0 bridgehead atoms. The third kappa shape index (κ3) is 8.98. The van der Waals surface area contributed by atoms with Crippen molar-refractivity contribution in [3.8, 4) is 0 Å². The summed E-state index contributed by atoms with van der Waals surface area (Å²) in [6.07, 6.45) is 0. The summed E-state index contributed by atoms with van der Waals surface area (Å²) >= 11 is 0. The second-order valence-corrected chi connectivity index (χ2v) is 0.552. The van der Waals surface area contributed by atoms with Gasteiger partial charge in [-0.3, -0.25) is 0 Å². The van der Waals surface area contributed by atoms with Crippen LogP contribution in [0.3, 0.4) is 0 Å². The number of carboxylic acid groups (broad SMARTS) is 1. The normalized spacial score (nSPS) is 6.17. The van der Waals surface area contributed by atoms with Crippen LogP contribution in [0.4, 0.5) is 0 Å². The molecule has 0 unspecified atom stereocenters. The molecule has 2 N–H and O–H groups in total. The first-order chi connectivity index (χ1) is 2.27. The van der Waals surface area contributed by atoms with Gasteiger partial charge in [-0.2, -0.15) is 0 Å². The third-order valence-corrected chi connectivity index (χ3v) is 0.135. The topological polar surface area (TPSA) is 57.5 Å². The molecule has 0 aromatic carbocycles. The van der Waals surface area contributed by atoms with Crippen LogP contribution in [0.2, 0.25) is 0 Å². The van der Waals surface area contributed by atoms with Gasteiger partial charge in [0.1, 0.15) is 6.61 Å². The first-order valence-electron chi connectivity index (χ1n) is 1.10. The molecule has 0 saturated carbocycles. The average molecular weight is 84.0 g/mol. The first-order valence-corrected chi connectivity index (χ1v) is 1.10. The molecule has 0 aromatic rings. The molecular formula is C2H5LiO3. The van der Waals surface area contributed by atoms with E-state index in [-0.39, 0.29) is 20.3 Å². The molecule has 0 heterocycles. The fraction of sp³-hybridized carbons (Fsp3) is 0.500. The zero-order chi connectivity index (χ0) is 4.28. The largest absolute Gasteiger partial charge is 1.00 e. The SMILES string of the molecule is O=C(O)CO.[H-].[Li+]. The van der Waals surface area contributed by atoms with Crippen molar-refractivity contribution in [1.82, 2.24) is 0 Å². The van der Waals surface area contributed by atoms with Crippen LogP contribution in [-0.2, 0) is 4.79 Å². The predicted octanol–water partition coefficient (Wildman–Crippen LogP) is -3.82. The molecule has 0 fully saturated rings. The summed E-state index contributed by atoms with van der Waals surface area (Å²) < 4.78 is 0. The van der Waals surface area contributed by atoms with E-state index < -0.39 is 12.6 Å². The Kier molecular flexibility index (Phi) is 7.87. The van der Waals surface area contributed by atoms with Gasteiger partial charge >= 0.3 is 24.8 Å². The Bertz CT molecular complexity index is 48.2. The van der Waals surface area contributed by atoms with Gasteiger partial charge in [0.2, 0.25) is 0 Å². The van der Waals surface area contributed by atoms with Crippen molar-refractivity contribution >= 4 is 5.97 Å². The van der Waals surface area contributed by atoms with Crippen LogP contribution in [0, 0.1) is 0 Å². The Balaban J connectivity index is -0.0000000800. The summed E-state index contributed by atoms with van der Waals surface area (Å²) in [7, 11) is 0. The minimum absolute atomic E-state index is 0. The van der Waals surface area contributed by atoms with E-state index in [2.05, 4.69) is 0 Å². The van der Waals surface area contributed by atoms with E-state index in [9.17, 15) is 0 Å². The summed E-state index contributed by atoms with van der Waals surface area (Å²) in [6.45, 7) is -0.778. The molecule has 32 valence electrons. The third-order valence-electron chi connectivity index (χ3n) is 0.135. The van der Waals surface area contributed by atoms with Gasteiger partial charge in [0, 0.05) is 0 Å². The van der Waals surface area contributed by atoms with Crippen molar-refractivity contribution in [3.63, 3.8) is 0 Å². The second-order valence-electron chi connectivity index (χ2n) is 0.552. The number of aliphatic carboxylic acids is 1. The van der Waals surface area contributed by atoms with Crippen LogP contribution in [0.5, 0.6) is 0 Å². The average Bonchev–Trinajstić information content (AvgIpc) is 1.38. The van der Waals surface area contributed by atoms with Crippen molar-refractivity contribution in [2.75, 3.05) is 6.61 Å². The van der Waals surface area contributed by atoms with E-state index in [1.165, 1.54) is 0 Å². The number of hydrogen-bond acceptors (Lipinski definition) is 2. The number of aliphatic hydroxyl groups excluding tert-OH is 1. The Hall–Kier alpha value is 0.0274. The Morgan fingerprint density at radius 3 is 2.00 bits per heavy atom. The molecule has 3 nitrogen and oxygen atoms in total. The first kappa shape index (κ1) is 9.39. The molecule has 0 radical (unpaired) electrons. The van der Waals surface area contributed by atoms with Crippen molar-refractivity contribution in [1.29, 1.82) is 0 Å². The zero-order valence-corrected chi connectivity index (χ0v) is 3.51. The van der Waals surface area contributed by atoms with Crippen LogP contribution in [0.15, 0.2) is 0 Å². The Morgan fingerprint density at radius 2 is 2.00 bits per heavy atom. The maximum atomic E-state index is 9.12. The summed E-state index contributed by atoms with van der Waals surface area (Å²) in [5.74, 6) is -1.19. The second kappa shape index (κ2) is 5.03. The Morgan fingerprint density at radius 1 is 1.83 bits per heavy atom. The van der Waals surface area contributed by atoms with Crippen molar-refractivity contribution in [3.05, 3.63) is 0 Å². The molecule has 0 amide bonds. The number of rotatable bonds is 1. The molecule has 0 atom stereocenters. The van der Waals surface area contributed by atoms with Crippen LogP contribution >= 0.6 is 0 Å². The van der Waals surface area contributed by atoms with Gasteiger partial charge in [-0.25, -0.2) is 4.79 Å². The van der Waals surface area contributed by atoms with Crippen LogP contribution in [-0.4, -0.2) is 22.8 Å². The minimum Gasteiger partial charge on any atom is -1.00 e. The summed E-state index contributed by atoms with van der Waals surface area (Å²) in [5.41, 5.74) is 0. The molecule has 0 rings (SSSR count). The fourth-order valence-corrected chi connectivity index (χ4v) is 0. The summed E-state index contributed by atoms with van der Waals surface area (Å²) in [4.78, 5) is 9.12. The van der Waals surface area contributed by atoms with E-state index in [0.717, 1.165) is 0 Å². The predicted molar refractivity (Wildman–Crippen MR) is 15.8 cm³/mol. The van der Waals surface area contributed by atoms with Crippen molar-refractivity contribution in [2.45, 2.75) is 0 Å². The Labute approximate surface area is 48.6 Å². The molecular weight excluding hydrogens is 79.0 g/mol. The van der Waals surface area contributed by atoms with Gasteiger partial charge in [-0.15, -0.1) is 0 Å². The number of hydrogen-bond donors (Lipinski definition) is 2. The van der Waals surface area contributed by atoms with Gasteiger partial charge in [-0.1, -0.05) is 0 Å². The van der Waals surface area contributed by atoms with Crippen LogP contribution in [0.25, 0.3) is 0 Å². The fourth-order valence-electron chi connectivity index (χ4n) is 0. The maximum absolute atomic E-state index is 9.12. The van der Waals surface area contributed by atoms with E-state index in [1.54, 1.807) is 0 Å². The van der Waals surface area contributed by atoms with E-state index >= 15 is 0 Å². The molecule has 0 aliphatic rings. The molecule has 0 aromatic heterocycles. The molecule has 0 saturated heterocycles. The quantitative estimate of drug-likeness (QED) is 0.320. The summed E-state index contributed by atoms with van der Waals surface area (Å²) in [5, 5.41) is 15.0. The van der Waals surface area contributed by atoms with Gasteiger partial charge in [0.15, 0.2) is 0 Å². The van der Waals surface area contributed by atoms with E-state index in [1.807, 2.05) is 0 Å². The molecule has 6 heavy (non-hydrogen) atoms. The standard InChI is InChI=1S/C2H4O3.Li.H/c3-1-2(4)5;;/h3H,1H2,(H,4,5);;/q;+1;-1. The minimum atomic E-state index is -1.19. The van der Waals surface area contributed by atoms with Crippen molar-refractivity contribution in [2.24, 2.45) is 0 Å². The smallest absolute Gasteiger partial charge is 1.00 e. The monoisotopic (exact) mass is 84.0 g/mol. The maximum Gasteiger partial charge on any atom is 1.00 e. The van der Waals surface area contributed by atoms with E-state index in [0.29, 0.717) is 0 Å². The molecule has 0 aliphatic heterocycles. The summed E-state index contributed by atoms with van der Waals surface area (Å²) in [6, 6.07) is 0. The number of aliphatic hydroxyl groups is 1. The molecule has 0 spiro atoms.